The van der Waals surface area contributed by atoms with E-state index >= 15 is 0 Å². The third-order valence-electron chi connectivity index (χ3n) is 6.68. The molecule has 1 saturated heterocycles. The Morgan fingerprint density at radius 1 is 1.15 bits per heavy atom. The molecule has 2 aromatic heterocycles. The monoisotopic (exact) mass is 587 g/mol. The van der Waals surface area contributed by atoms with Crippen molar-refractivity contribution in [2.75, 3.05) is 30.3 Å². The van der Waals surface area contributed by atoms with Crippen LogP contribution < -0.4 is 10.6 Å². The number of benzene rings is 1. The standard InChI is InChI=1S/C27H30FN7O2.CH4.2H2S/c1-17(27(37)32-24-13-22(33-34-24)18-7-8-18)19-4-2-5-20(12-19)23-14-29-15-25(30-23)31-26(36)6-3-10-35-11-9-21(28)16-35;;;/h2-6,12-15,17-18,21H,7-11,16H2,1H3,(H,30,31,36)(H2,32,33,34,37);1H4;2*1H2/b6-3+;;;/t17-,21-;;;/m0.../s1. The first-order chi connectivity index (χ1) is 17.9. The Bertz CT molecular complexity index is 1320. The summed E-state index contributed by atoms with van der Waals surface area (Å²) in [5.74, 6) is 0.491. The number of carbonyl (C=O) groups excluding carboxylic acids is 2. The lowest BCUT2D eigenvalue weighted by atomic mass is 9.97. The van der Waals surface area contributed by atoms with Crippen LogP contribution in [0.1, 0.15) is 56.7 Å². The van der Waals surface area contributed by atoms with Gasteiger partial charge in [0.05, 0.1) is 24.0 Å². The van der Waals surface area contributed by atoms with Crippen molar-refractivity contribution in [1.82, 2.24) is 25.1 Å². The minimum atomic E-state index is -0.785. The van der Waals surface area contributed by atoms with Gasteiger partial charge in [-0.2, -0.15) is 32.1 Å². The average Bonchev–Trinajstić information content (AvgIpc) is 3.51. The molecule has 3 N–H and O–H groups in total. The molecule has 3 aromatic rings. The lowest BCUT2D eigenvalue weighted by Gasteiger charge is -2.13. The van der Waals surface area contributed by atoms with Gasteiger partial charge in [0.2, 0.25) is 11.8 Å². The van der Waals surface area contributed by atoms with Gasteiger partial charge in [-0.3, -0.25) is 24.6 Å². The molecule has 12 heteroatoms. The van der Waals surface area contributed by atoms with Gasteiger partial charge < -0.3 is 10.6 Å². The number of hydrogen-bond acceptors (Lipinski definition) is 6. The van der Waals surface area contributed by atoms with Crippen molar-refractivity contribution in [2.45, 2.75) is 51.6 Å². The number of anilines is 2. The summed E-state index contributed by atoms with van der Waals surface area (Å²) in [4.78, 5) is 35.8. The van der Waals surface area contributed by atoms with Gasteiger partial charge in [0.25, 0.3) is 0 Å². The SMILES string of the molecule is C.C[C@H](C(=O)Nc1cc(C2CC2)[nH]n1)c1cccc(-c2cncc(NC(=O)/C=C/CN3CC[C@H](F)C3)n2)c1.S.S. The summed E-state index contributed by atoms with van der Waals surface area (Å²) in [6, 6.07) is 9.43. The number of aromatic nitrogens is 4. The second-order valence-corrected chi connectivity index (χ2v) is 9.65. The third kappa shape index (κ3) is 8.64. The largest absolute Gasteiger partial charge is 0.309 e. The number of likely N-dealkylation sites (tertiary alicyclic amines) is 1. The molecule has 5 rings (SSSR count). The van der Waals surface area contributed by atoms with E-state index in [4.69, 9.17) is 0 Å². The van der Waals surface area contributed by atoms with Crippen molar-refractivity contribution in [3.8, 4) is 11.3 Å². The Morgan fingerprint density at radius 3 is 2.67 bits per heavy atom. The first kappa shape index (κ1) is 33.0. The highest BCUT2D eigenvalue weighted by Gasteiger charge is 2.26. The van der Waals surface area contributed by atoms with Crippen LogP contribution in [0.3, 0.4) is 0 Å². The van der Waals surface area contributed by atoms with Crippen LogP contribution in [-0.4, -0.2) is 62.7 Å². The molecule has 1 aliphatic heterocycles. The van der Waals surface area contributed by atoms with Gasteiger partial charge >= 0.3 is 0 Å². The summed E-state index contributed by atoms with van der Waals surface area (Å²) in [7, 11) is 0. The molecule has 40 heavy (non-hydrogen) atoms. The van der Waals surface area contributed by atoms with Gasteiger partial charge in [-0.25, -0.2) is 9.37 Å². The van der Waals surface area contributed by atoms with E-state index in [1.165, 1.54) is 12.3 Å². The topological polar surface area (TPSA) is 116 Å². The highest BCUT2D eigenvalue weighted by Crippen LogP contribution is 2.39. The van der Waals surface area contributed by atoms with Crippen molar-refractivity contribution in [1.29, 1.82) is 0 Å². The zero-order valence-electron chi connectivity index (χ0n) is 21.7. The highest BCUT2D eigenvalue weighted by molar-refractivity contribution is 7.59. The number of hydrogen-bond donors (Lipinski definition) is 3. The van der Waals surface area contributed by atoms with E-state index in [1.807, 2.05) is 42.2 Å². The van der Waals surface area contributed by atoms with Gasteiger partial charge in [-0.1, -0.05) is 31.7 Å². The van der Waals surface area contributed by atoms with Crippen molar-refractivity contribution in [2.24, 2.45) is 0 Å². The van der Waals surface area contributed by atoms with Crippen molar-refractivity contribution in [3.63, 3.8) is 0 Å². The van der Waals surface area contributed by atoms with Gasteiger partial charge in [0.15, 0.2) is 11.6 Å². The minimum absolute atomic E-state index is 0. The van der Waals surface area contributed by atoms with Crippen molar-refractivity contribution in [3.05, 3.63) is 66.1 Å². The van der Waals surface area contributed by atoms with E-state index in [1.54, 1.807) is 12.3 Å². The van der Waals surface area contributed by atoms with Crippen LogP contribution in [-0.2, 0) is 9.59 Å². The maximum absolute atomic E-state index is 13.3. The minimum Gasteiger partial charge on any atom is -0.309 e. The zero-order chi connectivity index (χ0) is 25.8. The molecule has 3 heterocycles. The van der Waals surface area contributed by atoms with Crippen LogP contribution in [0.25, 0.3) is 11.3 Å². The summed E-state index contributed by atoms with van der Waals surface area (Å²) in [5.41, 5.74) is 3.24. The van der Waals surface area contributed by atoms with Gasteiger partial charge in [0.1, 0.15) is 6.17 Å². The Labute approximate surface area is 248 Å². The molecular formula is C28H38FN7O2S2. The first-order valence-corrected chi connectivity index (χ1v) is 12.6. The van der Waals surface area contributed by atoms with Crippen molar-refractivity contribution >= 4 is 50.4 Å². The van der Waals surface area contributed by atoms with Crippen LogP contribution in [0.2, 0.25) is 0 Å². The number of rotatable bonds is 9. The Morgan fingerprint density at radius 2 is 1.95 bits per heavy atom. The van der Waals surface area contributed by atoms with E-state index in [2.05, 4.69) is 30.8 Å². The maximum atomic E-state index is 13.3. The van der Waals surface area contributed by atoms with E-state index in [0.29, 0.717) is 49.3 Å². The van der Waals surface area contributed by atoms with Gasteiger partial charge in [-0.15, -0.1) is 0 Å². The lowest BCUT2D eigenvalue weighted by molar-refractivity contribution is -0.117. The molecule has 0 spiro atoms. The van der Waals surface area contributed by atoms with E-state index in [9.17, 15) is 14.0 Å². The summed E-state index contributed by atoms with van der Waals surface area (Å²) in [6.07, 6.45) is 8.30. The Kier molecular flexibility index (Phi) is 12.3. The molecule has 0 radical (unpaired) electrons. The maximum Gasteiger partial charge on any atom is 0.249 e. The molecule has 2 fully saturated rings. The predicted molar refractivity (Wildman–Crippen MR) is 166 cm³/mol. The summed E-state index contributed by atoms with van der Waals surface area (Å²) in [6.45, 7) is 3.47. The molecule has 1 aliphatic carbocycles. The van der Waals surface area contributed by atoms with Crippen LogP contribution in [0.5, 0.6) is 0 Å². The lowest BCUT2D eigenvalue weighted by Crippen LogP contribution is -2.21. The predicted octanol–water partition coefficient (Wildman–Crippen LogP) is 4.89. The number of halogens is 1. The fourth-order valence-electron chi connectivity index (χ4n) is 4.35. The van der Waals surface area contributed by atoms with Gasteiger partial charge in [0, 0.05) is 49.0 Å². The summed E-state index contributed by atoms with van der Waals surface area (Å²) < 4.78 is 13.3. The highest BCUT2D eigenvalue weighted by atomic mass is 32.1. The molecule has 0 bridgehead atoms. The number of aromatic amines is 1. The number of alkyl halides is 1. The number of H-pyrrole nitrogens is 1. The Balaban J connectivity index is 0.00000187. The summed E-state index contributed by atoms with van der Waals surface area (Å²) in [5, 5.41) is 12.8. The normalized spacial score (nSPS) is 17.3. The molecule has 2 aliphatic rings. The molecule has 0 unspecified atom stereocenters. The number of amides is 2. The molecule has 9 nitrogen and oxygen atoms in total. The van der Waals surface area contributed by atoms with Crippen LogP contribution in [0.4, 0.5) is 16.0 Å². The summed E-state index contributed by atoms with van der Waals surface area (Å²) >= 11 is 0. The quantitative estimate of drug-likeness (QED) is 0.307. The van der Waals surface area contributed by atoms with E-state index in [-0.39, 0.29) is 46.2 Å². The average molecular weight is 588 g/mol. The fourth-order valence-corrected chi connectivity index (χ4v) is 4.35. The first-order valence-electron chi connectivity index (χ1n) is 12.6. The fraction of sp³-hybridized carbons (Fsp3) is 0.393. The number of carbonyl (C=O) groups is 2. The van der Waals surface area contributed by atoms with Crippen LogP contribution in [0.15, 0.2) is 54.9 Å². The molecule has 216 valence electrons. The zero-order valence-corrected chi connectivity index (χ0v) is 23.7. The molecule has 1 saturated carbocycles. The molecular weight excluding hydrogens is 549 g/mol. The van der Waals surface area contributed by atoms with E-state index < -0.39 is 12.1 Å². The van der Waals surface area contributed by atoms with Crippen molar-refractivity contribution < 1.29 is 14.0 Å². The van der Waals surface area contributed by atoms with Crippen LogP contribution in [0, 0.1) is 0 Å². The Hall–Kier alpha value is -3.22. The molecule has 2 atom stereocenters. The second kappa shape index (κ2) is 15.0. The number of nitrogens with zero attached hydrogens (tertiary/aromatic N) is 4. The third-order valence-corrected chi connectivity index (χ3v) is 6.68. The molecule has 1 aromatic carbocycles. The number of nitrogens with one attached hydrogen (secondary N) is 3. The van der Waals surface area contributed by atoms with Crippen LogP contribution >= 0.6 is 27.0 Å². The smallest absolute Gasteiger partial charge is 0.249 e. The van der Waals surface area contributed by atoms with E-state index in [0.717, 1.165) is 29.7 Å². The second-order valence-electron chi connectivity index (χ2n) is 9.65. The molecule has 2 amide bonds. The van der Waals surface area contributed by atoms with Gasteiger partial charge in [-0.05, 0) is 37.8 Å².